The van der Waals surface area contributed by atoms with Crippen molar-refractivity contribution in [2.75, 3.05) is 18.9 Å². The van der Waals surface area contributed by atoms with E-state index in [1.807, 2.05) is 6.92 Å². The van der Waals surface area contributed by atoms with E-state index in [4.69, 9.17) is 0 Å². The zero-order valence-electron chi connectivity index (χ0n) is 18.4. The Kier molecular flexibility index (Phi) is 6.21. The Hall–Kier alpha value is -4.01. The third kappa shape index (κ3) is 4.48. The maximum atomic E-state index is 14.6. The fraction of sp³-hybridized carbons (Fsp3) is 0.208. The molecule has 0 fully saturated rings. The largest absolute Gasteiger partial charge is 0.369 e. The van der Waals surface area contributed by atoms with E-state index in [-0.39, 0.29) is 22.8 Å². The van der Waals surface area contributed by atoms with Gasteiger partial charge in [-0.15, -0.1) is 0 Å². The Bertz CT molecular complexity index is 1340. The maximum absolute atomic E-state index is 14.6. The summed E-state index contributed by atoms with van der Waals surface area (Å²) < 4.78 is 28.5. The van der Waals surface area contributed by atoms with Crippen molar-refractivity contribution in [2.45, 2.75) is 19.8 Å². The maximum Gasteiger partial charge on any atom is 0.251 e. The number of carbonyl (C=O) groups excluding carboxylic acids is 1. The van der Waals surface area contributed by atoms with E-state index in [1.54, 1.807) is 25.3 Å². The van der Waals surface area contributed by atoms with Gasteiger partial charge in [-0.3, -0.25) is 14.8 Å². The van der Waals surface area contributed by atoms with Crippen LogP contribution in [0.2, 0.25) is 0 Å². The molecule has 33 heavy (non-hydrogen) atoms. The highest BCUT2D eigenvalue weighted by molar-refractivity contribution is 6.06. The summed E-state index contributed by atoms with van der Waals surface area (Å²) in [7, 11) is 1.50. The van der Waals surface area contributed by atoms with Crippen molar-refractivity contribution in [3.63, 3.8) is 0 Å². The van der Waals surface area contributed by atoms with Crippen LogP contribution in [0.4, 0.5) is 14.6 Å². The van der Waals surface area contributed by atoms with E-state index in [1.165, 1.54) is 37.8 Å². The Balaban J connectivity index is 1.59. The lowest BCUT2D eigenvalue weighted by Gasteiger charge is -2.17. The highest BCUT2D eigenvalue weighted by Gasteiger charge is 2.18. The van der Waals surface area contributed by atoms with Crippen LogP contribution in [0.25, 0.3) is 22.2 Å². The lowest BCUT2D eigenvalue weighted by molar-refractivity contribution is 0.0964. The number of rotatable bonds is 6. The van der Waals surface area contributed by atoms with Gasteiger partial charge in [0.25, 0.3) is 5.91 Å². The molecule has 9 heteroatoms. The monoisotopic (exact) mass is 448 g/mol. The lowest BCUT2D eigenvalue weighted by Crippen LogP contribution is -2.19. The first-order valence-corrected chi connectivity index (χ1v) is 10.4. The topological polar surface area (TPSA) is 92.7 Å². The van der Waals surface area contributed by atoms with Crippen molar-refractivity contribution in [1.29, 1.82) is 0 Å². The smallest absolute Gasteiger partial charge is 0.251 e. The predicted octanol–water partition coefficient (Wildman–Crippen LogP) is 4.25. The Morgan fingerprint density at radius 2 is 1.88 bits per heavy atom. The summed E-state index contributed by atoms with van der Waals surface area (Å²) in [5.41, 5.74) is 2.88. The summed E-state index contributed by atoms with van der Waals surface area (Å²) in [5, 5.41) is 5.97. The zero-order valence-corrected chi connectivity index (χ0v) is 18.4. The molecule has 0 unspecified atom stereocenters. The van der Waals surface area contributed by atoms with Gasteiger partial charge in [-0.25, -0.2) is 18.7 Å². The van der Waals surface area contributed by atoms with Crippen LogP contribution in [0.3, 0.4) is 0 Å². The Morgan fingerprint density at radius 1 is 1.06 bits per heavy atom. The van der Waals surface area contributed by atoms with Gasteiger partial charge in [0, 0.05) is 48.9 Å². The number of aryl methyl sites for hydroxylation is 1. The van der Waals surface area contributed by atoms with E-state index < -0.39 is 11.6 Å². The number of benzene rings is 1. The molecule has 0 saturated carbocycles. The van der Waals surface area contributed by atoms with Crippen LogP contribution >= 0.6 is 0 Å². The van der Waals surface area contributed by atoms with Crippen LogP contribution in [0.5, 0.6) is 0 Å². The van der Waals surface area contributed by atoms with Gasteiger partial charge < -0.3 is 10.6 Å². The van der Waals surface area contributed by atoms with Gasteiger partial charge in [0.05, 0.1) is 22.5 Å². The van der Waals surface area contributed by atoms with Crippen LogP contribution in [0.15, 0.2) is 49.1 Å². The molecule has 0 aliphatic rings. The van der Waals surface area contributed by atoms with E-state index >= 15 is 0 Å². The molecule has 0 aliphatic heterocycles. The van der Waals surface area contributed by atoms with Gasteiger partial charge in [-0.1, -0.05) is 13.0 Å². The lowest BCUT2D eigenvalue weighted by atomic mass is 9.95. The van der Waals surface area contributed by atoms with Crippen LogP contribution in [0.1, 0.15) is 34.5 Å². The number of aromatic nitrogens is 4. The molecule has 4 aromatic rings. The molecular formula is C24H22F2N6O. The van der Waals surface area contributed by atoms with Gasteiger partial charge in [0.1, 0.15) is 23.8 Å². The molecule has 0 aliphatic carbocycles. The number of halogens is 2. The third-order valence-corrected chi connectivity index (χ3v) is 5.45. The highest BCUT2D eigenvalue weighted by Crippen LogP contribution is 2.29. The van der Waals surface area contributed by atoms with E-state index in [2.05, 4.69) is 30.6 Å². The first-order valence-electron chi connectivity index (χ1n) is 10.4. The number of pyridine rings is 2. The molecule has 1 atom stereocenters. The summed E-state index contributed by atoms with van der Waals surface area (Å²) in [6, 6.07) is 7.63. The van der Waals surface area contributed by atoms with Crippen molar-refractivity contribution in [1.82, 2.24) is 25.3 Å². The number of hydrogen-bond donors (Lipinski definition) is 2. The van der Waals surface area contributed by atoms with Gasteiger partial charge in [-0.2, -0.15) is 0 Å². The number of nitrogens with one attached hydrogen (secondary N) is 2. The molecule has 0 saturated heterocycles. The summed E-state index contributed by atoms with van der Waals surface area (Å²) in [6.07, 6.45) is 4.46. The average Bonchev–Trinajstić information content (AvgIpc) is 2.84. The summed E-state index contributed by atoms with van der Waals surface area (Å²) in [6.45, 7) is 4.03. The first kappa shape index (κ1) is 22.2. The van der Waals surface area contributed by atoms with Crippen molar-refractivity contribution in [2.24, 2.45) is 0 Å². The summed E-state index contributed by atoms with van der Waals surface area (Å²) in [5.74, 6) is -0.809. The van der Waals surface area contributed by atoms with Crippen molar-refractivity contribution in [3.05, 3.63) is 77.5 Å². The zero-order chi connectivity index (χ0) is 23.5. The predicted molar refractivity (Wildman–Crippen MR) is 122 cm³/mol. The van der Waals surface area contributed by atoms with E-state index in [0.717, 1.165) is 5.56 Å². The molecule has 3 aromatic heterocycles. The van der Waals surface area contributed by atoms with Gasteiger partial charge in [-0.05, 0) is 30.7 Å². The quantitative estimate of drug-likeness (QED) is 0.458. The van der Waals surface area contributed by atoms with E-state index in [0.29, 0.717) is 34.8 Å². The number of hydrogen-bond acceptors (Lipinski definition) is 6. The van der Waals surface area contributed by atoms with Gasteiger partial charge >= 0.3 is 0 Å². The summed E-state index contributed by atoms with van der Waals surface area (Å²) in [4.78, 5) is 29.0. The van der Waals surface area contributed by atoms with E-state index in [9.17, 15) is 13.6 Å². The van der Waals surface area contributed by atoms with Gasteiger partial charge in [0.2, 0.25) is 0 Å². The molecule has 0 spiro atoms. The van der Waals surface area contributed by atoms with Crippen LogP contribution in [-0.4, -0.2) is 39.4 Å². The number of anilines is 1. The SMILES string of the molecule is CNC(=O)c1ccnc2c([C@H](C)CNc3cc(-c4cnc(C)c(F)c4)ncn3)ccc(F)c12. The molecule has 1 aromatic carbocycles. The van der Waals surface area contributed by atoms with Crippen LogP contribution in [0, 0.1) is 18.6 Å². The second-order valence-electron chi connectivity index (χ2n) is 7.66. The fourth-order valence-corrected chi connectivity index (χ4v) is 3.59. The van der Waals surface area contributed by atoms with Crippen molar-refractivity contribution in [3.8, 4) is 11.3 Å². The number of amides is 1. The van der Waals surface area contributed by atoms with Crippen molar-refractivity contribution >= 4 is 22.6 Å². The minimum Gasteiger partial charge on any atom is -0.369 e. The number of nitrogens with zero attached hydrogens (tertiary/aromatic N) is 4. The molecule has 0 bridgehead atoms. The Morgan fingerprint density at radius 3 is 2.64 bits per heavy atom. The molecule has 3 heterocycles. The van der Waals surface area contributed by atoms with Gasteiger partial charge in [0.15, 0.2) is 0 Å². The minimum absolute atomic E-state index is 0.0857. The molecule has 1 amide bonds. The second kappa shape index (κ2) is 9.23. The Labute approximate surface area is 189 Å². The molecule has 7 nitrogen and oxygen atoms in total. The molecule has 2 N–H and O–H groups in total. The minimum atomic E-state index is -0.500. The average molecular weight is 448 g/mol. The molecule has 4 rings (SSSR count). The third-order valence-electron chi connectivity index (χ3n) is 5.45. The highest BCUT2D eigenvalue weighted by atomic mass is 19.1. The van der Waals surface area contributed by atoms with Crippen molar-refractivity contribution < 1.29 is 13.6 Å². The second-order valence-corrected chi connectivity index (χ2v) is 7.66. The normalized spacial score (nSPS) is 11.9. The van der Waals surface area contributed by atoms with Crippen LogP contribution in [-0.2, 0) is 0 Å². The number of carbonyl (C=O) groups is 1. The molecule has 168 valence electrons. The standard InChI is InChI=1S/C24H22F2N6O/c1-13(16-4-5-18(25)22-17(24(33)27-3)6-7-28-23(16)22)10-30-21-9-20(31-12-32-21)15-8-19(26)14(2)29-11-15/h4-9,11-13H,10H2,1-3H3,(H,27,33)(H,30,31,32)/t13-/m1/s1. The molecular weight excluding hydrogens is 426 g/mol. The number of fused-ring (bicyclic) bond motifs is 1. The fourth-order valence-electron chi connectivity index (χ4n) is 3.59. The van der Waals surface area contributed by atoms with Crippen LogP contribution < -0.4 is 10.6 Å². The molecule has 0 radical (unpaired) electrons. The first-order chi connectivity index (χ1) is 15.9. The summed E-state index contributed by atoms with van der Waals surface area (Å²) >= 11 is 0.